The van der Waals surface area contributed by atoms with Crippen LogP contribution < -0.4 is 5.32 Å². The van der Waals surface area contributed by atoms with Gasteiger partial charge in [-0.2, -0.15) is 0 Å². The van der Waals surface area contributed by atoms with E-state index in [-0.39, 0.29) is 17.5 Å². The standard InChI is InChI=1S/C17H14ClNO3/c18-14-4-2-1-3-13(14)16(20)19-15-8-6-10-9-11(17(21)22)5-7-12(10)15/h1-5,7,9,15H,6,8H2,(H,19,20)(H,21,22)/t15-/m0/s1. The number of benzene rings is 2. The average molecular weight is 316 g/mol. The first-order valence-electron chi connectivity index (χ1n) is 6.98. The van der Waals surface area contributed by atoms with Gasteiger partial charge in [-0.1, -0.05) is 29.8 Å². The highest BCUT2D eigenvalue weighted by atomic mass is 35.5. The molecule has 1 aliphatic carbocycles. The molecule has 0 bridgehead atoms. The van der Waals surface area contributed by atoms with E-state index in [4.69, 9.17) is 16.7 Å². The van der Waals surface area contributed by atoms with Gasteiger partial charge in [0.05, 0.1) is 22.2 Å². The maximum absolute atomic E-state index is 12.3. The molecule has 22 heavy (non-hydrogen) atoms. The number of carbonyl (C=O) groups is 2. The number of halogens is 1. The van der Waals surface area contributed by atoms with Crippen LogP contribution >= 0.6 is 11.6 Å². The Morgan fingerprint density at radius 2 is 1.95 bits per heavy atom. The van der Waals surface area contributed by atoms with Crippen molar-refractivity contribution in [1.29, 1.82) is 0 Å². The first-order chi connectivity index (χ1) is 10.6. The van der Waals surface area contributed by atoms with E-state index >= 15 is 0 Å². The molecule has 1 atom stereocenters. The zero-order valence-corrected chi connectivity index (χ0v) is 12.4. The van der Waals surface area contributed by atoms with E-state index in [9.17, 15) is 9.59 Å². The summed E-state index contributed by atoms with van der Waals surface area (Å²) >= 11 is 6.03. The minimum atomic E-state index is -0.939. The number of fused-ring (bicyclic) bond motifs is 1. The summed E-state index contributed by atoms with van der Waals surface area (Å²) in [6.07, 6.45) is 1.51. The van der Waals surface area contributed by atoms with Crippen LogP contribution in [0.15, 0.2) is 42.5 Å². The van der Waals surface area contributed by atoms with Crippen molar-refractivity contribution in [2.75, 3.05) is 0 Å². The lowest BCUT2D eigenvalue weighted by molar-refractivity contribution is 0.0696. The molecule has 1 amide bonds. The van der Waals surface area contributed by atoms with Gasteiger partial charge in [0.15, 0.2) is 0 Å². The van der Waals surface area contributed by atoms with Crippen LogP contribution in [0.4, 0.5) is 0 Å². The maximum Gasteiger partial charge on any atom is 0.335 e. The normalized spacial score (nSPS) is 16.1. The molecule has 5 heteroatoms. The largest absolute Gasteiger partial charge is 0.478 e. The molecule has 112 valence electrons. The number of carboxylic acid groups (broad SMARTS) is 1. The summed E-state index contributed by atoms with van der Waals surface area (Å²) in [4.78, 5) is 23.3. The molecule has 4 nitrogen and oxygen atoms in total. The van der Waals surface area contributed by atoms with Crippen molar-refractivity contribution < 1.29 is 14.7 Å². The SMILES string of the molecule is O=C(O)c1ccc2c(c1)CC[C@@H]2NC(=O)c1ccccc1Cl. The summed E-state index contributed by atoms with van der Waals surface area (Å²) in [5, 5.41) is 12.4. The van der Waals surface area contributed by atoms with Crippen molar-refractivity contribution in [1.82, 2.24) is 5.32 Å². The summed E-state index contributed by atoms with van der Waals surface area (Å²) in [5.74, 6) is -1.16. The van der Waals surface area contributed by atoms with E-state index in [0.29, 0.717) is 10.6 Å². The van der Waals surface area contributed by atoms with Crippen LogP contribution in [0.2, 0.25) is 5.02 Å². The van der Waals surface area contributed by atoms with E-state index in [1.54, 1.807) is 42.5 Å². The van der Waals surface area contributed by atoms with Crippen LogP contribution in [0.5, 0.6) is 0 Å². The first kappa shape index (κ1) is 14.6. The summed E-state index contributed by atoms with van der Waals surface area (Å²) in [5.41, 5.74) is 2.67. The van der Waals surface area contributed by atoms with E-state index in [0.717, 1.165) is 24.0 Å². The van der Waals surface area contributed by atoms with Gasteiger partial charge in [0.2, 0.25) is 0 Å². The monoisotopic (exact) mass is 315 g/mol. The summed E-state index contributed by atoms with van der Waals surface area (Å²) in [6, 6.07) is 11.8. The second kappa shape index (κ2) is 5.81. The number of rotatable bonds is 3. The molecule has 0 spiro atoms. The van der Waals surface area contributed by atoms with Gasteiger partial charge in [0.25, 0.3) is 5.91 Å². The van der Waals surface area contributed by atoms with Crippen molar-refractivity contribution in [3.63, 3.8) is 0 Å². The highest BCUT2D eigenvalue weighted by molar-refractivity contribution is 6.33. The minimum Gasteiger partial charge on any atom is -0.478 e. The predicted molar refractivity (Wildman–Crippen MR) is 83.4 cm³/mol. The van der Waals surface area contributed by atoms with Crippen LogP contribution in [0, 0.1) is 0 Å². The molecule has 1 aliphatic rings. The Bertz CT molecular complexity index is 757. The number of nitrogens with one attached hydrogen (secondary N) is 1. The molecular weight excluding hydrogens is 302 g/mol. The van der Waals surface area contributed by atoms with Crippen LogP contribution in [-0.4, -0.2) is 17.0 Å². The fourth-order valence-electron chi connectivity index (χ4n) is 2.78. The lowest BCUT2D eigenvalue weighted by Gasteiger charge is -2.15. The molecular formula is C17H14ClNO3. The number of hydrogen-bond donors (Lipinski definition) is 2. The Balaban J connectivity index is 1.81. The van der Waals surface area contributed by atoms with Crippen LogP contribution in [0.3, 0.4) is 0 Å². The molecule has 0 aromatic heterocycles. The highest BCUT2D eigenvalue weighted by Gasteiger charge is 2.25. The van der Waals surface area contributed by atoms with Crippen LogP contribution in [-0.2, 0) is 6.42 Å². The van der Waals surface area contributed by atoms with E-state index in [2.05, 4.69) is 5.32 Å². The third-order valence-electron chi connectivity index (χ3n) is 3.89. The Hall–Kier alpha value is -2.33. The van der Waals surface area contributed by atoms with Crippen LogP contribution in [0.1, 0.15) is 44.3 Å². The lowest BCUT2D eigenvalue weighted by Crippen LogP contribution is -2.27. The molecule has 0 saturated heterocycles. The van der Waals surface area contributed by atoms with Crippen molar-refractivity contribution in [2.24, 2.45) is 0 Å². The average Bonchev–Trinajstić information content (AvgIpc) is 2.90. The van der Waals surface area contributed by atoms with Crippen molar-refractivity contribution >= 4 is 23.5 Å². The molecule has 0 heterocycles. The van der Waals surface area contributed by atoms with Crippen molar-refractivity contribution in [2.45, 2.75) is 18.9 Å². The zero-order chi connectivity index (χ0) is 15.7. The van der Waals surface area contributed by atoms with Crippen LogP contribution in [0.25, 0.3) is 0 Å². The van der Waals surface area contributed by atoms with Gasteiger partial charge in [0, 0.05) is 0 Å². The van der Waals surface area contributed by atoms with Gasteiger partial charge >= 0.3 is 5.97 Å². The summed E-state index contributed by atoms with van der Waals surface area (Å²) < 4.78 is 0. The van der Waals surface area contributed by atoms with Gasteiger partial charge < -0.3 is 10.4 Å². The molecule has 3 rings (SSSR count). The Kier molecular flexibility index (Phi) is 3.86. The topological polar surface area (TPSA) is 66.4 Å². The van der Waals surface area contributed by atoms with Gasteiger partial charge in [-0.05, 0) is 48.2 Å². The Morgan fingerprint density at radius 3 is 2.68 bits per heavy atom. The lowest BCUT2D eigenvalue weighted by atomic mass is 10.0. The molecule has 0 aliphatic heterocycles. The van der Waals surface area contributed by atoms with E-state index in [1.807, 2.05) is 0 Å². The molecule has 0 unspecified atom stereocenters. The number of hydrogen-bond acceptors (Lipinski definition) is 2. The molecule has 0 fully saturated rings. The number of carboxylic acids is 1. The Morgan fingerprint density at radius 1 is 1.18 bits per heavy atom. The molecule has 0 saturated carbocycles. The van der Waals surface area contributed by atoms with Gasteiger partial charge in [-0.3, -0.25) is 4.79 Å². The van der Waals surface area contributed by atoms with Gasteiger partial charge in [0.1, 0.15) is 0 Å². The number of aryl methyl sites for hydroxylation is 1. The van der Waals surface area contributed by atoms with Gasteiger partial charge in [-0.25, -0.2) is 4.79 Å². The molecule has 2 aromatic carbocycles. The maximum atomic E-state index is 12.3. The fraction of sp³-hybridized carbons (Fsp3) is 0.176. The zero-order valence-electron chi connectivity index (χ0n) is 11.7. The summed E-state index contributed by atoms with van der Waals surface area (Å²) in [6.45, 7) is 0. The number of carbonyl (C=O) groups excluding carboxylic acids is 1. The minimum absolute atomic E-state index is 0.110. The van der Waals surface area contributed by atoms with Crippen molar-refractivity contribution in [3.8, 4) is 0 Å². The fourth-order valence-corrected chi connectivity index (χ4v) is 3.00. The summed E-state index contributed by atoms with van der Waals surface area (Å²) in [7, 11) is 0. The molecule has 2 aromatic rings. The molecule has 0 radical (unpaired) electrons. The van der Waals surface area contributed by atoms with Gasteiger partial charge in [-0.15, -0.1) is 0 Å². The number of aromatic carboxylic acids is 1. The first-order valence-corrected chi connectivity index (χ1v) is 7.35. The third-order valence-corrected chi connectivity index (χ3v) is 4.22. The third kappa shape index (κ3) is 2.70. The smallest absolute Gasteiger partial charge is 0.335 e. The van der Waals surface area contributed by atoms with Crippen molar-refractivity contribution in [3.05, 3.63) is 69.7 Å². The second-order valence-electron chi connectivity index (χ2n) is 5.26. The van der Waals surface area contributed by atoms with E-state index in [1.165, 1.54) is 0 Å². The predicted octanol–water partition coefficient (Wildman–Crippen LogP) is 3.46. The number of amides is 1. The quantitative estimate of drug-likeness (QED) is 0.911. The van der Waals surface area contributed by atoms with E-state index < -0.39 is 5.97 Å². The second-order valence-corrected chi connectivity index (χ2v) is 5.67. The molecule has 2 N–H and O–H groups in total. The Labute approximate surface area is 132 Å². The highest BCUT2D eigenvalue weighted by Crippen LogP contribution is 2.32.